The highest BCUT2D eigenvalue weighted by Crippen LogP contribution is 2.41. The van der Waals surface area contributed by atoms with Gasteiger partial charge < -0.3 is 14.2 Å². The highest BCUT2D eigenvalue weighted by Gasteiger charge is 2.51. The third-order valence-electron chi connectivity index (χ3n) is 6.90. The third kappa shape index (κ3) is 5.05. The number of aromatic nitrogens is 2. The average Bonchev–Trinajstić information content (AvgIpc) is 3.41. The second-order valence-corrected chi connectivity index (χ2v) is 11.2. The molecule has 11 heteroatoms. The maximum absolute atomic E-state index is 13.6. The number of rotatable bonds is 7. The van der Waals surface area contributed by atoms with Crippen LogP contribution in [0.4, 0.5) is 18.9 Å². The molecule has 0 radical (unpaired) electrons. The molecule has 1 unspecified atom stereocenters. The molecule has 1 aromatic carbocycles. The minimum absolute atomic E-state index is 0.251. The van der Waals surface area contributed by atoms with E-state index >= 15 is 0 Å². The van der Waals surface area contributed by atoms with Crippen molar-refractivity contribution in [3.63, 3.8) is 0 Å². The Morgan fingerprint density at radius 1 is 1.18 bits per heavy atom. The van der Waals surface area contributed by atoms with Gasteiger partial charge in [-0.25, -0.2) is 13.4 Å². The van der Waals surface area contributed by atoms with Gasteiger partial charge in [0.05, 0.1) is 31.4 Å². The molecule has 1 aliphatic heterocycles. The number of hydrogen-bond donors (Lipinski definition) is 0. The SMILES string of the molecule is COc1cccc2c1N(Cc1cn(C)cn1)C(CCC1CCCC1)CN(S(=O)(=O)C(F)(F)F)C2. The minimum atomic E-state index is -5.50. The molecule has 1 saturated carbocycles. The molecule has 0 bridgehead atoms. The Balaban J connectivity index is 1.78. The van der Waals surface area contributed by atoms with Crippen molar-refractivity contribution in [2.45, 2.75) is 63.2 Å². The number of para-hydroxylation sites is 1. The molecule has 1 fully saturated rings. The van der Waals surface area contributed by atoms with E-state index in [0.29, 0.717) is 40.2 Å². The minimum Gasteiger partial charge on any atom is -0.495 e. The molecule has 1 aromatic heterocycles. The summed E-state index contributed by atoms with van der Waals surface area (Å²) in [6, 6.07) is 4.64. The van der Waals surface area contributed by atoms with Crippen LogP contribution in [0.3, 0.4) is 0 Å². The molecule has 2 heterocycles. The Morgan fingerprint density at radius 3 is 2.53 bits per heavy atom. The number of anilines is 1. The molecular weight excluding hydrogens is 469 g/mol. The van der Waals surface area contributed by atoms with E-state index in [1.807, 2.05) is 22.7 Å². The standard InChI is InChI=1S/C23H31F3N4O3S/c1-28-13-19(27-16-28)14-30-20(11-10-17-6-3-4-7-17)15-29(34(31,32)23(24,25)26)12-18-8-5-9-21(33-2)22(18)30/h5,8-9,13,16-17,20H,3-4,6-7,10-12,14-15H2,1-2H3. The highest BCUT2D eigenvalue weighted by molar-refractivity contribution is 7.89. The van der Waals surface area contributed by atoms with E-state index in [9.17, 15) is 21.6 Å². The van der Waals surface area contributed by atoms with Crippen LogP contribution < -0.4 is 9.64 Å². The lowest BCUT2D eigenvalue weighted by molar-refractivity contribution is -0.0492. The first-order valence-electron chi connectivity index (χ1n) is 11.6. The van der Waals surface area contributed by atoms with Crippen LogP contribution >= 0.6 is 0 Å². The molecule has 0 spiro atoms. The first-order valence-corrected chi connectivity index (χ1v) is 13.0. The molecule has 0 saturated heterocycles. The summed E-state index contributed by atoms with van der Waals surface area (Å²) >= 11 is 0. The van der Waals surface area contributed by atoms with E-state index in [0.717, 1.165) is 37.8 Å². The lowest BCUT2D eigenvalue weighted by Gasteiger charge is -2.35. The van der Waals surface area contributed by atoms with Gasteiger partial charge in [0.2, 0.25) is 0 Å². The van der Waals surface area contributed by atoms with Gasteiger partial charge in [-0.2, -0.15) is 17.5 Å². The van der Waals surface area contributed by atoms with Crippen LogP contribution in [0.25, 0.3) is 0 Å². The fourth-order valence-corrected chi connectivity index (χ4v) is 6.16. The van der Waals surface area contributed by atoms with Gasteiger partial charge in [0, 0.05) is 32.4 Å². The van der Waals surface area contributed by atoms with E-state index < -0.39 is 21.6 Å². The zero-order valence-electron chi connectivity index (χ0n) is 19.5. The Hall–Kier alpha value is -2.27. The molecule has 7 nitrogen and oxygen atoms in total. The summed E-state index contributed by atoms with van der Waals surface area (Å²) in [5, 5.41) is 0. The number of benzene rings is 1. The van der Waals surface area contributed by atoms with E-state index in [-0.39, 0.29) is 13.1 Å². The lowest BCUT2D eigenvalue weighted by Crippen LogP contribution is -2.47. The van der Waals surface area contributed by atoms with Crippen LogP contribution in [-0.2, 0) is 30.2 Å². The molecule has 0 N–H and O–H groups in total. The van der Waals surface area contributed by atoms with E-state index in [4.69, 9.17) is 4.74 Å². The molecule has 1 atom stereocenters. The Labute approximate surface area is 198 Å². The summed E-state index contributed by atoms with van der Waals surface area (Å²) in [4.78, 5) is 6.41. The van der Waals surface area contributed by atoms with Crippen molar-refractivity contribution < 1.29 is 26.3 Å². The van der Waals surface area contributed by atoms with Crippen molar-refractivity contribution in [1.82, 2.24) is 13.9 Å². The van der Waals surface area contributed by atoms with Gasteiger partial charge in [0.15, 0.2) is 0 Å². The van der Waals surface area contributed by atoms with Gasteiger partial charge >= 0.3 is 15.5 Å². The predicted molar refractivity (Wildman–Crippen MR) is 123 cm³/mol. The predicted octanol–water partition coefficient (Wildman–Crippen LogP) is 4.44. The molecule has 2 aromatic rings. The van der Waals surface area contributed by atoms with Crippen LogP contribution in [0, 0.1) is 5.92 Å². The molecule has 1 aliphatic carbocycles. The van der Waals surface area contributed by atoms with Gasteiger partial charge in [-0.05, 0) is 30.4 Å². The fourth-order valence-electron chi connectivity index (χ4n) is 5.19. The summed E-state index contributed by atoms with van der Waals surface area (Å²) in [6.45, 7) is -0.282. The number of sulfonamides is 1. The summed E-state index contributed by atoms with van der Waals surface area (Å²) in [5.41, 5.74) is -3.51. The number of ether oxygens (including phenoxy) is 1. The van der Waals surface area contributed by atoms with Gasteiger partial charge in [0.1, 0.15) is 5.75 Å². The summed E-state index contributed by atoms with van der Waals surface area (Å²) in [7, 11) is -2.14. The van der Waals surface area contributed by atoms with Crippen LogP contribution in [0.5, 0.6) is 5.75 Å². The lowest BCUT2D eigenvalue weighted by atomic mass is 9.97. The quantitative estimate of drug-likeness (QED) is 0.562. The smallest absolute Gasteiger partial charge is 0.495 e. The second-order valence-electron chi connectivity index (χ2n) is 9.25. The van der Waals surface area contributed by atoms with Crippen molar-refractivity contribution in [2.24, 2.45) is 13.0 Å². The van der Waals surface area contributed by atoms with Crippen molar-refractivity contribution >= 4 is 15.7 Å². The van der Waals surface area contributed by atoms with Gasteiger partial charge in [0.25, 0.3) is 0 Å². The molecule has 2 aliphatic rings. The van der Waals surface area contributed by atoms with Gasteiger partial charge in [-0.1, -0.05) is 37.8 Å². The maximum Gasteiger partial charge on any atom is 0.511 e. The molecule has 188 valence electrons. The molecular formula is C23H31F3N4O3S. The van der Waals surface area contributed by atoms with Crippen molar-refractivity contribution in [2.75, 3.05) is 18.6 Å². The Kier molecular flexibility index (Phi) is 7.14. The fraction of sp³-hybridized carbons (Fsp3) is 0.609. The molecule has 34 heavy (non-hydrogen) atoms. The van der Waals surface area contributed by atoms with E-state index in [2.05, 4.69) is 4.98 Å². The van der Waals surface area contributed by atoms with Crippen molar-refractivity contribution in [3.05, 3.63) is 42.0 Å². The van der Waals surface area contributed by atoms with Crippen LogP contribution in [0.15, 0.2) is 30.7 Å². The summed E-state index contributed by atoms with van der Waals surface area (Å²) in [6.07, 6.45) is 9.50. The number of hydrogen-bond acceptors (Lipinski definition) is 5. The normalized spacial score (nSPS) is 20.4. The molecule has 4 rings (SSSR count). The second kappa shape index (κ2) is 9.77. The van der Waals surface area contributed by atoms with Crippen LogP contribution in [-0.4, -0.2) is 47.5 Å². The largest absolute Gasteiger partial charge is 0.511 e. The number of halogens is 3. The van der Waals surface area contributed by atoms with Crippen LogP contribution in [0.2, 0.25) is 0 Å². The Bertz CT molecular complexity index is 1100. The number of nitrogens with zero attached hydrogens (tertiary/aromatic N) is 4. The first kappa shape index (κ1) is 24.8. The van der Waals surface area contributed by atoms with Crippen molar-refractivity contribution in [1.29, 1.82) is 0 Å². The van der Waals surface area contributed by atoms with Gasteiger partial charge in [-0.15, -0.1) is 0 Å². The van der Waals surface area contributed by atoms with Gasteiger partial charge in [-0.3, -0.25) is 0 Å². The zero-order valence-corrected chi connectivity index (χ0v) is 20.3. The Morgan fingerprint density at radius 2 is 1.91 bits per heavy atom. The topological polar surface area (TPSA) is 67.7 Å². The van der Waals surface area contributed by atoms with Crippen molar-refractivity contribution in [3.8, 4) is 5.75 Å². The number of fused-ring (bicyclic) bond motifs is 1. The number of aryl methyl sites for hydroxylation is 1. The first-order chi connectivity index (χ1) is 16.1. The van der Waals surface area contributed by atoms with E-state index in [1.54, 1.807) is 24.5 Å². The highest BCUT2D eigenvalue weighted by atomic mass is 32.2. The number of methoxy groups -OCH3 is 1. The maximum atomic E-state index is 13.6. The van der Waals surface area contributed by atoms with Crippen LogP contribution in [0.1, 0.15) is 49.8 Å². The summed E-state index contributed by atoms with van der Waals surface area (Å²) < 4.78 is 73.9. The average molecular weight is 501 g/mol. The van der Waals surface area contributed by atoms with E-state index in [1.165, 1.54) is 7.11 Å². The number of alkyl halides is 3. The monoisotopic (exact) mass is 500 g/mol. The zero-order chi connectivity index (χ0) is 24.5. The third-order valence-corrected chi connectivity index (χ3v) is 8.44. The number of imidazole rings is 1. The summed E-state index contributed by atoms with van der Waals surface area (Å²) in [5.74, 6) is 1.02. The molecule has 0 amide bonds.